The molecule has 2 aromatic rings. The van der Waals surface area contributed by atoms with Crippen LogP contribution in [-0.2, 0) is 12.0 Å². The molecule has 0 radical (unpaired) electrons. The quantitative estimate of drug-likeness (QED) is 0.889. The van der Waals surface area contributed by atoms with Crippen LogP contribution in [-0.4, -0.2) is 23.8 Å². The van der Waals surface area contributed by atoms with Gasteiger partial charge in [-0.1, -0.05) is 0 Å². The highest BCUT2D eigenvalue weighted by Crippen LogP contribution is 2.26. The molecule has 1 aromatic carbocycles. The molecule has 0 saturated heterocycles. The monoisotopic (exact) mass is 293 g/mol. The summed E-state index contributed by atoms with van der Waals surface area (Å²) in [5.74, 6) is 1.62. The first kappa shape index (κ1) is 14.8. The van der Waals surface area contributed by atoms with Gasteiger partial charge in [0.05, 0.1) is 29.2 Å². The van der Waals surface area contributed by atoms with Crippen LogP contribution in [0.3, 0.4) is 0 Å². The SMILES string of the molecule is COc1ccc(OCCc2ncc(C(C)(C)O)s2)cc1. The van der Waals surface area contributed by atoms with E-state index in [1.54, 1.807) is 27.2 Å². The second kappa shape index (κ2) is 6.24. The maximum Gasteiger partial charge on any atom is 0.119 e. The van der Waals surface area contributed by atoms with Gasteiger partial charge < -0.3 is 14.6 Å². The highest BCUT2D eigenvalue weighted by molar-refractivity contribution is 7.11. The molecule has 0 atom stereocenters. The fraction of sp³-hybridized carbons (Fsp3) is 0.400. The van der Waals surface area contributed by atoms with E-state index in [-0.39, 0.29) is 0 Å². The van der Waals surface area contributed by atoms with Crippen LogP contribution in [0.5, 0.6) is 11.5 Å². The highest BCUT2D eigenvalue weighted by Gasteiger charge is 2.19. The van der Waals surface area contributed by atoms with E-state index < -0.39 is 5.60 Å². The Morgan fingerprint density at radius 2 is 1.85 bits per heavy atom. The summed E-state index contributed by atoms with van der Waals surface area (Å²) in [4.78, 5) is 5.17. The van der Waals surface area contributed by atoms with Crippen LogP contribution in [0, 0.1) is 0 Å². The molecule has 0 spiro atoms. The molecule has 2 rings (SSSR count). The number of methoxy groups -OCH3 is 1. The van der Waals surface area contributed by atoms with Crippen LogP contribution in [0.4, 0.5) is 0 Å². The Hall–Kier alpha value is -1.59. The van der Waals surface area contributed by atoms with Crippen molar-refractivity contribution in [3.05, 3.63) is 40.3 Å². The van der Waals surface area contributed by atoms with Crippen LogP contribution in [0.15, 0.2) is 30.5 Å². The Balaban J connectivity index is 1.84. The van der Waals surface area contributed by atoms with E-state index >= 15 is 0 Å². The summed E-state index contributed by atoms with van der Waals surface area (Å²) < 4.78 is 10.7. The van der Waals surface area contributed by atoms with Gasteiger partial charge in [-0.2, -0.15) is 0 Å². The van der Waals surface area contributed by atoms with Crippen LogP contribution >= 0.6 is 11.3 Å². The minimum absolute atomic E-state index is 0.561. The van der Waals surface area contributed by atoms with Crippen LogP contribution in [0.1, 0.15) is 23.7 Å². The lowest BCUT2D eigenvalue weighted by molar-refractivity contribution is 0.0823. The Morgan fingerprint density at radius 3 is 2.40 bits per heavy atom. The van der Waals surface area contributed by atoms with Crippen LogP contribution in [0.25, 0.3) is 0 Å². The summed E-state index contributed by atoms with van der Waals surface area (Å²) in [6.45, 7) is 4.08. The number of aliphatic hydroxyl groups is 1. The van der Waals surface area contributed by atoms with Gasteiger partial charge in [-0.15, -0.1) is 11.3 Å². The summed E-state index contributed by atoms with van der Waals surface area (Å²) in [6.07, 6.45) is 2.46. The average Bonchev–Trinajstić information content (AvgIpc) is 2.88. The van der Waals surface area contributed by atoms with Gasteiger partial charge in [0, 0.05) is 12.6 Å². The summed E-state index contributed by atoms with van der Waals surface area (Å²) in [6, 6.07) is 7.49. The third-order valence-electron chi connectivity index (χ3n) is 2.80. The molecule has 0 aliphatic rings. The van der Waals surface area contributed by atoms with Crippen molar-refractivity contribution in [2.45, 2.75) is 25.9 Å². The number of thiazole rings is 1. The zero-order valence-corrected chi connectivity index (χ0v) is 12.7. The van der Waals surface area contributed by atoms with Crippen molar-refractivity contribution in [2.24, 2.45) is 0 Å². The molecular weight excluding hydrogens is 274 g/mol. The van der Waals surface area contributed by atoms with E-state index in [1.807, 2.05) is 24.3 Å². The maximum absolute atomic E-state index is 9.88. The number of rotatable bonds is 6. The molecule has 0 fully saturated rings. The van der Waals surface area contributed by atoms with Gasteiger partial charge in [0.2, 0.25) is 0 Å². The molecule has 0 bridgehead atoms. The first-order chi connectivity index (χ1) is 9.49. The molecule has 1 heterocycles. The van der Waals surface area contributed by atoms with E-state index in [4.69, 9.17) is 9.47 Å². The molecule has 20 heavy (non-hydrogen) atoms. The van der Waals surface area contributed by atoms with E-state index in [0.717, 1.165) is 27.8 Å². The second-order valence-corrected chi connectivity index (χ2v) is 6.07. The van der Waals surface area contributed by atoms with Crippen molar-refractivity contribution in [3.8, 4) is 11.5 Å². The molecule has 1 aromatic heterocycles. The van der Waals surface area contributed by atoms with Gasteiger partial charge in [0.1, 0.15) is 11.5 Å². The fourth-order valence-electron chi connectivity index (χ4n) is 1.64. The number of benzene rings is 1. The summed E-state index contributed by atoms with van der Waals surface area (Å²) in [5, 5.41) is 10.9. The molecule has 0 amide bonds. The van der Waals surface area contributed by atoms with Gasteiger partial charge in [-0.3, -0.25) is 0 Å². The predicted molar refractivity (Wildman–Crippen MR) is 79.6 cm³/mol. The van der Waals surface area contributed by atoms with Crippen molar-refractivity contribution in [1.29, 1.82) is 0 Å². The molecule has 0 unspecified atom stereocenters. The van der Waals surface area contributed by atoms with Crippen molar-refractivity contribution in [1.82, 2.24) is 4.98 Å². The largest absolute Gasteiger partial charge is 0.497 e. The van der Waals surface area contributed by atoms with Crippen molar-refractivity contribution < 1.29 is 14.6 Å². The summed E-state index contributed by atoms with van der Waals surface area (Å²) >= 11 is 1.52. The molecule has 0 aliphatic carbocycles. The fourth-order valence-corrected chi connectivity index (χ4v) is 2.54. The lowest BCUT2D eigenvalue weighted by Gasteiger charge is -2.13. The normalized spacial score (nSPS) is 11.4. The Bertz CT molecular complexity index is 543. The molecule has 0 saturated carbocycles. The van der Waals surface area contributed by atoms with Crippen molar-refractivity contribution in [3.63, 3.8) is 0 Å². The van der Waals surface area contributed by atoms with Crippen molar-refractivity contribution >= 4 is 11.3 Å². The lowest BCUT2D eigenvalue weighted by atomic mass is 10.1. The molecule has 0 aliphatic heterocycles. The first-order valence-electron chi connectivity index (χ1n) is 6.43. The topological polar surface area (TPSA) is 51.6 Å². The van der Waals surface area contributed by atoms with E-state index in [0.29, 0.717) is 6.61 Å². The minimum Gasteiger partial charge on any atom is -0.497 e. The smallest absolute Gasteiger partial charge is 0.119 e. The number of aromatic nitrogens is 1. The van der Waals surface area contributed by atoms with E-state index in [2.05, 4.69) is 4.98 Å². The standard InChI is InChI=1S/C15H19NO3S/c1-15(2,17)13-10-16-14(20-13)8-9-19-12-6-4-11(18-3)5-7-12/h4-7,10,17H,8-9H2,1-3H3. The van der Waals surface area contributed by atoms with E-state index in [9.17, 15) is 5.11 Å². The molecule has 4 nitrogen and oxygen atoms in total. The Labute approximate surface area is 123 Å². The first-order valence-corrected chi connectivity index (χ1v) is 7.25. The Morgan fingerprint density at radius 1 is 1.20 bits per heavy atom. The zero-order valence-electron chi connectivity index (χ0n) is 11.9. The zero-order chi connectivity index (χ0) is 14.6. The molecule has 1 N–H and O–H groups in total. The van der Waals surface area contributed by atoms with Crippen molar-refractivity contribution in [2.75, 3.05) is 13.7 Å². The highest BCUT2D eigenvalue weighted by atomic mass is 32.1. The van der Waals surface area contributed by atoms with Gasteiger partial charge in [-0.25, -0.2) is 4.98 Å². The Kier molecular flexibility index (Phi) is 4.62. The van der Waals surface area contributed by atoms with Gasteiger partial charge in [0.15, 0.2) is 0 Å². The molecule has 108 valence electrons. The predicted octanol–water partition coefficient (Wildman–Crippen LogP) is 3.00. The van der Waals surface area contributed by atoms with Crippen LogP contribution in [0.2, 0.25) is 0 Å². The summed E-state index contributed by atoms with van der Waals surface area (Å²) in [5.41, 5.74) is -0.827. The summed E-state index contributed by atoms with van der Waals surface area (Å²) in [7, 11) is 1.64. The minimum atomic E-state index is -0.827. The van der Waals surface area contributed by atoms with E-state index in [1.165, 1.54) is 11.3 Å². The van der Waals surface area contributed by atoms with Gasteiger partial charge in [-0.05, 0) is 38.1 Å². The van der Waals surface area contributed by atoms with Gasteiger partial charge >= 0.3 is 0 Å². The molecular formula is C15H19NO3S. The third kappa shape index (κ3) is 3.95. The second-order valence-electron chi connectivity index (χ2n) is 4.95. The van der Waals surface area contributed by atoms with Crippen LogP contribution < -0.4 is 9.47 Å². The number of nitrogens with zero attached hydrogens (tertiary/aromatic N) is 1. The third-order valence-corrected chi connectivity index (χ3v) is 4.17. The van der Waals surface area contributed by atoms with Gasteiger partial charge in [0.25, 0.3) is 0 Å². The average molecular weight is 293 g/mol. The number of ether oxygens (including phenoxy) is 2. The number of hydrogen-bond donors (Lipinski definition) is 1. The molecule has 5 heteroatoms. The maximum atomic E-state index is 9.88. The lowest BCUT2D eigenvalue weighted by Crippen LogP contribution is -2.12. The number of hydrogen-bond acceptors (Lipinski definition) is 5.